The van der Waals surface area contributed by atoms with E-state index < -0.39 is 21.3 Å². The molecule has 0 saturated heterocycles. The van der Waals surface area contributed by atoms with Crippen LogP contribution >= 0.6 is 23.2 Å². The van der Waals surface area contributed by atoms with Crippen molar-refractivity contribution in [3.63, 3.8) is 0 Å². The molecule has 0 aromatic heterocycles. The van der Waals surface area contributed by atoms with Crippen molar-refractivity contribution >= 4 is 44.2 Å². The van der Waals surface area contributed by atoms with Crippen LogP contribution in [0.15, 0.2) is 24.3 Å². The summed E-state index contributed by atoms with van der Waals surface area (Å²) in [6, 6.07) is 5.15. The van der Waals surface area contributed by atoms with E-state index >= 15 is 0 Å². The van der Waals surface area contributed by atoms with Crippen LogP contribution in [0.1, 0.15) is 6.92 Å². The van der Waals surface area contributed by atoms with E-state index in [-0.39, 0.29) is 0 Å². The van der Waals surface area contributed by atoms with E-state index in [9.17, 15) is 13.2 Å². The van der Waals surface area contributed by atoms with Gasteiger partial charge in [0.25, 0.3) is 0 Å². The monoisotopic (exact) mass is 295 g/mol. The van der Waals surface area contributed by atoms with Gasteiger partial charge in [-0.05, 0) is 42.8 Å². The molecule has 1 rings (SSSR count). The topological polar surface area (TPSA) is 54.5 Å². The highest BCUT2D eigenvalue weighted by atomic mass is 35.5. The lowest BCUT2D eigenvalue weighted by Crippen LogP contribution is -2.41. The molecule has 0 bridgehead atoms. The second-order valence-electron chi connectivity index (χ2n) is 3.52. The summed E-state index contributed by atoms with van der Waals surface area (Å²) in [6.07, 6.45) is 1.01. The third-order valence-corrected chi connectivity index (χ3v) is 3.93. The number of carbonyl (C=O) groups excluding carboxylic acids is 1. The number of hydrogen-bond donors (Lipinski definition) is 0. The number of sulfonamides is 1. The fraction of sp³-hybridized carbons (Fsp3) is 0.300. The van der Waals surface area contributed by atoms with Gasteiger partial charge >= 0.3 is 0 Å². The van der Waals surface area contributed by atoms with Gasteiger partial charge in [-0.25, -0.2) is 8.42 Å². The third kappa shape index (κ3) is 3.59. The largest absolute Gasteiger partial charge is 0.279 e. The van der Waals surface area contributed by atoms with Crippen LogP contribution in [-0.2, 0) is 14.8 Å². The highest BCUT2D eigenvalue weighted by Gasteiger charge is 2.27. The molecule has 0 amide bonds. The Bertz CT molecular complexity index is 513. The van der Waals surface area contributed by atoms with Crippen LogP contribution in [0, 0.1) is 0 Å². The predicted molar refractivity (Wildman–Crippen MR) is 69.1 cm³/mol. The van der Waals surface area contributed by atoms with Crippen LogP contribution in [0.2, 0.25) is 5.02 Å². The minimum atomic E-state index is -3.59. The summed E-state index contributed by atoms with van der Waals surface area (Å²) in [5.74, 6) is 0. The van der Waals surface area contributed by atoms with E-state index in [1.165, 1.54) is 19.1 Å². The maximum atomic E-state index is 11.6. The van der Waals surface area contributed by atoms with Gasteiger partial charge in [-0.3, -0.25) is 9.10 Å². The Balaban J connectivity index is 3.25. The Morgan fingerprint density at radius 1 is 1.29 bits per heavy atom. The molecule has 0 saturated carbocycles. The average molecular weight is 296 g/mol. The molecular formula is C10H11Cl2NO3S. The number of anilines is 1. The van der Waals surface area contributed by atoms with Crippen molar-refractivity contribution in [1.82, 2.24) is 0 Å². The molecule has 0 spiro atoms. The van der Waals surface area contributed by atoms with Gasteiger partial charge in [0.1, 0.15) is 6.04 Å². The van der Waals surface area contributed by atoms with Crippen LogP contribution < -0.4 is 4.31 Å². The highest BCUT2D eigenvalue weighted by molar-refractivity contribution is 7.92. The van der Waals surface area contributed by atoms with Gasteiger partial charge in [0, 0.05) is 5.02 Å². The number of halogens is 2. The van der Waals surface area contributed by atoms with Gasteiger partial charge in [0.05, 0.1) is 11.9 Å². The maximum Gasteiger partial charge on any atom is 0.245 e. The summed E-state index contributed by atoms with van der Waals surface area (Å²) in [6.45, 7) is 1.42. The summed E-state index contributed by atoms with van der Waals surface area (Å²) in [4.78, 5) is 11.1. The molecule has 1 unspecified atom stereocenters. The molecular weight excluding hydrogens is 285 g/mol. The highest BCUT2D eigenvalue weighted by Crippen LogP contribution is 2.23. The van der Waals surface area contributed by atoms with Crippen molar-refractivity contribution in [3.8, 4) is 0 Å². The molecule has 0 heterocycles. The number of nitrogens with zero attached hydrogens (tertiary/aromatic N) is 1. The average Bonchev–Trinajstić information content (AvgIpc) is 2.19. The van der Waals surface area contributed by atoms with E-state index in [2.05, 4.69) is 0 Å². The smallest absolute Gasteiger partial charge is 0.245 e. The zero-order chi connectivity index (χ0) is 13.2. The summed E-state index contributed by atoms with van der Waals surface area (Å²) in [5, 5.41) is -0.266. The van der Waals surface area contributed by atoms with Crippen LogP contribution in [0.4, 0.5) is 5.69 Å². The van der Waals surface area contributed by atoms with E-state index in [0.717, 1.165) is 10.6 Å². The first-order valence-electron chi connectivity index (χ1n) is 4.68. The molecule has 0 aliphatic rings. The van der Waals surface area contributed by atoms with Crippen molar-refractivity contribution in [2.45, 2.75) is 13.0 Å². The van der Waals surface area contributed by atoms with Crippen molar-refractivity contribution < 1.29 is 13.2 Å². The van der Waals surface area contributed by atoms with Gasteiger partial charge in [0.15, 0.2) is 0 Å². The van der Waals surface area contributed by atoms with E-state index in [0.29, 0.717) is 10.7 Å². The molecule has 0 radical (unpaired) electrons. The molecule has 1 atom stereocenters. The van der Waals surface area contributed by atoms with Crippen molar-refractivity contribution in [1.29, 1.82) is 0 Å². The molecule has 0 aliphatic carbocycles. The molecule has 94 valence electrons. The third-order valence-electron chi connectivity index (χ3n) is 2.12. The van der Waals surface area contributed by atoms with Crippen LogP contribution in [0.5, 0.6) is 0 Å². The molecule has 7 heteroatoms. The Morgan fingerprint density at radius 3 is 2.12 bits per heavy atom. The second-order valence-corrected chi connectivity index (χ2v) is 6.18. The molecule has 17 heavy (non-hydrogen) atoms. The maximum absolute atomic E-state index is 11.6. The number of hydrogen-bond acceptors (Lipinski definition) is 3. The fourth-order valence-electron chi connectivity index (χ4n) is 1.38. The minimum Gasteiger partial charge on any atom is -0.279 e. The first-order chi connectivity index (χ1) is 7.73. The molecule has 0 aliphatic heterocycles. The molecule has 1 aromatic rings. The minimum absolute atomic E-state index is 0.346. The summed E-state index contributed by atoms with van der Waals surface area (Å²) < 4.78 is 24.2. The lowest BCUT2D eigenvalue weighted by atomic mass is 10.3. The predicted octanol–water partition coefficient (Wildman–Crippen LogP) is 2.26. The van der Waals surface area contributed by atoms with E-state index in [4.69, 9.17) is 23.2 Å². The lowest BCUT2D eigenvalue weighted by Gasteiger charge is -2.26. The summed E-state index contributed by atoms with van der Waals surface area (Å²) in [5.41, 5.74) is 0.346. The lowest BCUT2D eigenvalue weighted by molar-refractivity contribution is -0.112. The van der Waals surface area contributed by atoms with Crippen molar-refractivity contribution in [3.05, 3.63) is 29.3 Å². The van der Waals surface area contributed by atoms with Crippen LogP contribution in [-0.4, -0.2) is 26.0 Å². The number of carbonyl (C=O) groups is 1. The van der Waals surface area contributed by atoms with Crippen LogP contribution in [0.25, 0.3) is 0 Å². The SMILES string of the molecule is CC(C(=O)Cl)N(c1ccc(Cl)cc1)S(C)(=O)=O. The number of rotatable bonds is 4. The van der Waals surface area contributed by atoms with Gasteiger partial charge in [-0.1, -0.05) is 11.6 Å². The van der Waals surface area contributed by atoms with Crippen molar-refractivity contribution in [2.24, 2.45) is 0 Å². The standard InChI is InChI=1S/C10H11Cl2NO3S/c1-7(10(12)14)13(17(2,15)16)9-5-3-8(11)4-6-9/h3-7H,1-2H3. The van der Waals surface area contributed by atoms with E-state index in [1.807, 2.05) is 0 Å². The Labute approximate surface area is 110 Å². The zero-order valence-corrected chi connectivity index (χ0v) is 11.6. The van der Waals surface area contributed by atoms with Crippen LogP contribution in [0.3, 0.4) is 0 Å². The Morgan fingerprint density at radius 2 is 1.76 bits per heavy atom. The molecule has 4 nitrogen and oxygen atoms in total. The first-order valence-corrected chi connectivity index (χ1v) is 7.28. The van der Waals surface area contributed by atoms with Gasteiger partial charge in [0.2, 0.25) is 15.3 Å². The molecule has 1 aromatic carbocycles. The molecule has 0 fully saturated rings. The van der Waals surface area contributed by atoms with Crippen molar-refractivity contribution in [2.75, 3.05) is 10.6 Å². The molecule has 0 N–H and O–H groups in total. The Hall–Kier alpha value is -0.780. The fourth-order valence-corrected chi connectivity index (χ4v) is 2.84. The summed E-state index contributed by atoms with van der Waals surface area (Å²) in [7, 11) is -3.59. The van der Waals surface area contributed by atoms with Gasteiger partial charge in [-0.15, -0.1) is 0 Å². The second kappa shape index (κ2) is 5.25. The summed E-state index contributed by atoms with van der Waals surface area (Å²) >= 11 is 11.1. The Kier molecular flexibility index (Phi) is 4.41. The van der Waals surface area contributed by atoms with Gasteiger partial charge < -0.3 is 0 Å². The normalized spacial score (nSPS) is 13.2. The zero-order valence-electron chi connectivity index (χ0n) is 9.22. The first kappa shape index (κ1) is 14.3. The number of benzene rings is 1. The van der Waals surface area contributed by atoms with Gasteiger partial charge in [-0.2, -0.15) is 0 Å². The van der Waals surface area contributed by atoms with E-state index in [1.54, 1.807) is 12.1 Å². The quantitative estimate of drug-likeness (QED) is 0.801.